The largest absolute Gasteiger partial charge is 0.300 e. The minimum absolute atomic E-state index is 0.501. The number of carbonyl (C=O) groups excluding carboxylic acids is 1. The summed E-state index contributed by atoms with van der Waals surface area (Å²) in [5, 5.41) is 0. The Morgan fingerprint density at radius 3 is 2.09 bits per heavy atom. The Morgan fingerprint density at radius 2 is 1.55 bits per heavy atom. The van der Waals surface area contributed by atoms with Crippen molar-refractivity contribution in [2.45, 2.75) is 44.9 Å². The molecule has 0 N–H and O–H groups in total. The molecule has 2 rings (SSSR count). The molecule has 62 valence electrons. The van der Waals surface area contributed by atoms with Crippen LogP contribution in [-0.4, -0.2) is 5.78 Å². The number of rotatable bonds is 1. The first-order chi connectivity index (χ1) is 5.36. The van der Waals surface area contributed by atoms with Crippen molar-refractivity contribution >= 4 is 5.78 Å². The molecule has 1 nitrogen and oxygen atoms in total. The molecule has 0 bridgehead atoms. The summed E-state index contributed by atoms with van der Waals surface area (Å²) in [7, 11) is 0. The normalized spacial score (nSPS) is 28.5. The Hall–Kier alpha value is -0.330. The van der Waals surface area contributed by atoms with E-state index in [9.17, 15) is 4.79 Å². The molecule has 2 aliphatic carbocycles. The van der Waals surface area contributed by atoms with E-state index in [1.165, 1.54) is 32.1 Å². The lowest BCUT2D eigenvalue weighted by molar-refractivity contribution is -0.128. The van der Waals surface area contributed by atoms with Gasteiger partial charge in [-0.15, -0.1) is 0 Å². The Kier molecular flexibility index (Phi) is 1.97. The smallest absolute Gasteiger partial charge is 0.133 e. The number of Topliss-reactive ketones (excluding diaryl/α,β-unsaturated/α-hetero) is 1. The zero-order valence-corrected chi connectivity index (χ0v) is 7.01. The molecular formula is C10H16O. The Balaban J connectivity index is 1.80. The zero-order valence-electron chi connectivity index (χ0n) is 7.01. The van der Waals surface area contributed by atoms with E-state index in [-0.39, 0.29) is 0 Å². The van der Waals surface area contributed by atoms with Crippen molar-refractivity contribution in [1.82, 2.24) is 0 Å². The highest BCUT2D eigenvalue weighted by Gasteiger charge is 2.33. The second kappa shape index (κ2) is 2.96. The lowest BCUT2D eigenvalue weighted by Crippen LogP contribution is -2.31. The number of carbonyl (C=O) groups is 1. The van der Waals surface area contributed by atoms with Crippen LogP contribution in [0, 0.1) is 11.8 Å². The van der Waals surface area contributed by atoms with Crippen molar-refractivity contribution in [2.24, 2.45) is 11.8 Å². The Bertz CT molecular complexity index is 148. The summed E-state index contributed by atoms with van der Waals surface area (Å²) in [5.41, 5.74) is 0. The van der Waals surface area contributed by atoms with Crippen molar-refractivity contribution in [3.63, 3.8) is 0 Å². The van der Waals surface area contributed by atoms with Gasteiger partial charge in [-0.05, 0) is 11.8 Å². The third-order valence-corrected chi connectivity index (χ3v) is 3.30. The van der Waals surface area contributed by atoms with E-state index in [4.69, 9.17) is 0 Å². The Labute approximate surface area is 68.2 Å². The monoisotopic (exact) mass is 152 g/mol. The van der Waals surface area contributed by atoms with Gasteiger partial charge in [-0.1, -0.05) is 32.1 Å². The van der Waals surface area contributed by atoms with E-state index in [0.29, 0.717) is 5.78 Å². The van der Waals surface area contributed by atoms with E-state index >= 15 is 0 Å². The quantitative estimate of drug-likeness (QED) is 0.564. The van der Waals surface area contributed by atoms with Gasteiger partial charge < -0.3 is 0 Å². The van der Waals surface area contributed by atoms with Gasteiger partial charge in [0.05, 0.1) is 0 Å². The van der Waals surface area contributed by atoms with Gasteiger partial charge in [-0.3, -0.25) is 4.79 Å². The summed E-state index contributed by atoms with van der Waals surface area (Å²) in [6.07, 6.45) is 8.87. The standard InChI is InChI=1S/C10H16O/c11-10-6-9(7-10)8-4-2-1-3-5-8/h8-9H,1-7H2. The van der Waals surface area contributed by atoms with Crippen LogP contribution in [0.15, 0.2) is 0 Å². The maximum absolute atomic E-state index is 10.8. The van der Waals surface area contributed by atoms with Crippen molar-refractivity contribution in [1.29, 1.82) is 0 Å². The average Bonchev–Trinajstić information content (AvgIpc) is 2.01. The van der Waals surface area contributed by atoms with Crippen LogP contribution in [0.2, 0.25) is 0 Å². The predicted molar refractivity (Wildman–Crippen MR) is 44.3 cm³/mol. The second-order valence-electron chi connectivity index (χ2n) is 4.11. The third kappa shape index (κ3) is 1.47. The zero-order chi connectivity index (χ0) is 7.68. The maximum atomic E-state index is 10.8. The molecule has 0 saturated heterocycles. The molecule has 0 amide bonds. The maximum Gasteiger partial charge on any atom is 0.133 e. The van der Waals surface area contributed by atoms with E-state index in [1.54, 1.807) is 0 Å². The van der Waals surface area contributed by atoms with Crippen molar-refractivity contribution in [3.05, 3.63) is 0 Å². The lowest BCUT2D eigenvalue weighted by atomic mass is 9.69. The first-order valence-corrected chi connectivity index (χ1v) is 4.88. The first kappa shape index (κ1) is 7.33. The molecule has 0 unspecified atom stereocenters. The van der Waals surface area contributed by atoms with Gasteiger partial charge in [-0.25, -0.2) is 0 Å². The molecule has 0 aromatic rings. The Morgan fingerprint density at radius 1 is 0.909 bits per heavy atom. The van der Waals surface area contributed by atoms with Gasteiger partial charge in [0.25, 0.3) is 0 Å². The van der Waals surface area contributed by atoms with Crippen LogP contribution < -0.4 is 0 Å². The fourth-order valence-electron chi connectivity index (χ4n) is 2.46. The minimum Gasteiger partial charge on any atom is -0.300 e. The first-order valence-electron chi connectivity index (χ1n) is 4.88. The molecule has 0 aliphatic heterocycles. The molecule has 0 aromatic heterocycles. The topological polar surface area (TPSA) is 17.1 Å². The van der Waals surface area contributed by atoms with E-state index in [1.807, 2.05) is 0 Å². The summed E-state index contributed by atoms with van der Waals surface area (Å²) < 4.78 is 0. The minimum atomic E-state index is 0.501. The predicted octanol–water partition coefficient (Wildman–Crippen LogP) is 2.55. The summed E-state index contributed by atoms with van der Waals surface area (Å²) in [4.78, 5) is 10.8. The summed E-state index contributed by atoms with van der Waals surface area (Å²) in [5.74, 6) is 2.21. The van der Waals surface area contributed by atoms with Crippen LogP contribution in [0.5, 0.6) is 0 Å². The van der Waals surface area contributed by atoms with Crippen molar-refractivity contribution in [2.75, 3.05) is 0 Å². The molecular weight excluding hydrogens is 136 g/mol. The van der Waals surface area contributed by atoms with Crippen LogP contribution in [0.1, 0.15) is 44.9 Å². The van der Waals surface area contributed by atoms with E-state index in [0.717, 1.165) is 24.7 Å². The van der Waals surface area contributed by atoms with E-state index < -0.39 is 0 Å². The molecule has 0 spiro atoms. The number of hydrogen-bond donors (Lipinski definition) is 0. The van der Waals surface area contributed by atoms with Crippen molar-refractivity contribution < 1.29 is 4.79 Å². The van der Waals surface area contributed by atoms with Gasteiger partial charge >= 0.3 is 0 Å². The second-order valence-corrected chi connectivity index (χ2v) is 4.11. The van der Waals surface area contributed by atoms with Crippen LogP contribution in [-0.2, 0) is 4.79 Å². The van der Waals surface area contributed by atoms with Crippen LogP contribution in [0.25, 0.3) is 0 Å². The van der Waals surface area contributed by atoms with Gasteiger partial charge in [0.15, 0.2) is 0 Å². The molecule has 2 fully saturated rings. The summed E-state index contributed by atoms with van der Waals surface area (Å²) >= 11 is 0. The molecule has 2 saturated carbocycles. The molecule has 0 atom stereocenters. The summed E-state index contributed by atoms with van der Waals surface area (Å²) in [6, 6.07) is 0. The highest BCUT2D eigenvalue weighted by molar-refractivity contribution is 5.84. The number of hydrogen-bond acceptors (Lipinski definition) is 1. The van der Waals surface area contributed by atoms with Gasteiger partial charge in [0, 0.05) is 12.8 Å². The van der Waals surface area contributed by atoms with Crippen LogP contribution >= 0.6 is 0 Å². The van der Waals surface area contributed by atoms with Gasteiger partial charge in [0.1, 0.15) is 5.78 Å². The summed E-state index contributed by atoms with van der Waals surface area (Å²) in [6.45, 7) is 0. The fraction of sp³-hybridized carbons (Fsp3) is 0.900. The molecule has 0 radical (unpaired) electrons. The molecule has 2 aliphatic rings. The average molecular weight is 152 g/mol. The van der Waals surface area contributed by atoms with Gasteiger partial charge in [0.2, 0.25) is 0 Å². The third-order valence-electron chi connectivity index (χ3n) is 3.30. The van der Waals surface area contributed by atoms with Crippen molar-refractivity contribution in [3.8, 4) is 0 Å². The molecule has 1 heteroatoms. The van der Waals surface area contributed by atoms with Gasteiger partial charge in [-0.2, -0.15) is 0 Å². The SMILES string of the molecule is O=C1CC(C2CCCCC2)C1. The highest BCUT2D eigenvalue weighted by Crippen LogP contribution is 2.38. The highest BCUT2D eigenvalue weighted by atomic mass is 16.1. The fourth-order valence-corrected chi connectivity index (χ4v) is 2.46. The molecule has 11 heavy (non-hydrogen) atoms. The molecule has 0 aromatic carbocycles. The lowest BCUT2D eigenvalue weighted by Gasteiger charge is -2.34. The van der Waals surface area contributed by atoms with E-state index in [2.05, 4.69) is 0 Å². The number of ketones is 1. The van der Waals surface area contributed by atoms with Crippen LogP contribution in [0.4, 0.5) is 0 Å². The van der Waals surface area contributed by atoms with Crippen LogP contribution in [0.3, 0.4) is 0 Å². The molecule has 0 heterocycles.